The zero-order valence-corrected chi connectivity index (χ0v) is 8.40. The van der Waals surface area contributed by atoms with Gasteiger partial charge in [0.1, 0.15) is 0 Å². The highest BCUT2D eigenvalue weighted by atomic mass is 16.5. The van der Waals surface area contributed by atoms with Crippen molar-refractivity contribution in [2.45, 2.75) is 19.4 Å². The number of aromatic nitrogens is 2. The lowest BCUT2D eigenvalue weighted by molar-refractivity contribution is 0.292. The van der Waals surface area contributed by atoms with Gasteiger partial charge in [-0.25, -0.2) is 0 Å². The molecule has 1 aliphatic rings. The molecule has 5 nitrogen and oxygen atoms in total. The van der Waals surface area contributed by atoms with Gasteiger partial charge >= 0.3 is 0 Å². The molecule has 76 valence electrons. The Bertz CT molecular complexity index is 357. The maximum Gasteiger partial charge on any atom is 0.261 e. The number of likely N-dealkylation sites (N-methyl/N-ethyl adjacent to an activating group) is 1. The van der Waals surface area contributed by atoms with Gasteiger partial charge in [-0.3, -0.25) is 4.90 Å². The van der Waals surface area contributed by atoms with Crippen LogP contribution in [0.4, 0.5) is 5.95 Å². The summed E-state index contributed by atoms with van der Waals surface area (Å²) in [6, 6.07) is 0.309. The van der Waals surface area contributed by atoms with E-state index in [1.165, 1.54) is 0 Å². The number of nitrogen functional groups attached to an aromatic ring is 1. The van der Waals surface area contributed by atoms with Crippen LogP contribution in [0.1, 0.15) is 19.2 Å². The number of hydrogen-bond donors (Lipinski definition) is 1. The van der Waals surface area contributed by atoms with Crippen LogP contribution < -0.4 is 5.73 Å². The smallest absolute Gasteiger partial charge is 0.261 e. The van der Waals surface area contributed by atoms with Crippen molar-refractivity contribution in [2.24, 2.45) is 0 Å². The highest BCUT2D eigenvalue weighted by Crippen LogP contribution is 2.24. The molecule has 1 aliphatic heterocycles. The second-order valence-electron chi connectivity index (χ2n) is 3.56. The van der Waals surface area contributed by atoms with Gasteiger partial charge in [-0.15, -0.1) is 0 Å². The maximum absolute atomic E-state index is 5.41. The molecular formula is C9H14N4O. The molecule has 0 aliphatic carbocycles. The van der Waals surface area contributed by atoms with Crippen LogP contribution in [0.5, 0.6) is 0 Å². The van der Waals surface area contributed by atoms with Crippen molar-refractivity contribution < 1.29 is 4.52 Å². The Hall–Kier alpha value is -1.36. The molecule has 1 atom stereocenters. The summed E-state index contributed by atoms with van der Waals surface area (Å²) in [4.78, 5) is 6.27. The molecule has 1 aromatic heterocycles. The third-order valence-corrected chi connectivity index (χ3v) is 2.65. The molecule has 0 fully saturated rings. The van der Waals surface area contributed by atoms with Gasteiger partial charge in [-0.05, 0) is 25.5 Å². The zero-order chi connectivity index (χ0) is 10.1. The highest BCUT2D eigenvalue weighted by molar-refractivity contribution is 5.64. The Morgan fingerprint density at radius 1 is 1.64 bits per heavy atom. The van der Waals surface area contributed by atoms with Gasteiger partial charge in [0.05, 0.1) is 0 Å². The first-order valence-electron chi connectivity index (χ1n) is 4.68. The second kappa shape index (κ2) is 3.42. The lowest BCUT2D eigenvalue weighted by atomic mass is 10.0. The molecule has 0 bridgehead atoms. The largest absolute Gasteiger partial charge is 0.365 e. The van der Waals surface area contributed by atoms with Crippen LogP contribution in [-0.4, -0.2) is 34.7 Å². The van der Waals surface area contributed by atoms with E-state index < -0.39 is 0 Å². The molecular weight excluding hydrogens is 180 g/mol. The van der Waals surface area contributed by atoms with E-state index >= 15 is 0 Å². The van der Waals surface area contributed by atoms with E-state index in [9.17, 15) is 0 Å². The number of anilines is 1. The second-order valence-corrected chi connectivity index (χ2v) is 3.56. The fourth-order valence-electron chi connectivity index (χ4n) is 1.64. The third-order valence-electron chi connectivity index (χ3n) is 2.65. The van der Waals surface area contributed by atoms with Crippen molar-refractivity contribution in [3.63, 3.8) is 0 Å². The molecule has 2 heterocycles. The number of rotatable bonds is 1. The van der Waals surface area contributed by atoms with Gasteiger partial charge in [-0.2, -0.15) is 4.98 Å². The molecule has 0 aromatic carbocycles. The van der Waals surface area contributed by atoms with E-state index in [-0.39, 0.29) is 5.95 Å². The predicted octanol–water partition coefficient (Wildman–Crippen LogP) is 0.759. The molecule has 1 unspecified atom stereocenters. The topological polar surface area (TPSA) is 68.2 Å². The molecule has 0 spiro atoms. The van der Waals surface area contributed by atoms with Gasteiger partial charge in [0.15, 0.2) is 0 Å². The van der Waals surface area contributed by atoms with E-state index in [1.54, 1.807) is 0 Å². The molecule has 0 saturated carbocycles. The number of nitrogens with zero attached hydrogens (tertiary/aromatic N) is 3. The minimum atomic E-state index is 0.196. The Labute approximate surface area is 82.6 Å². The lowest BCUT2D eigenvalue weighted by Crippen LogP contribution is -2.33. The number of nitrogens with two attached hydrogens (primary N) is 1. The SMILES string of the molecule is CC1C(c2nc(N)no2)=CCCN1C. The maximum atomic E-state index is 5.41. The van der Waals surface area contributed by atoms with Crippen LogP contribution in [0.2, 0.25) is 0 Å². The van der Waals surface area contributed by atoms with Crippen molar-refractivity contribution in [1.82, 2.24) is 15.0 Å². The molecule has 0 amide bonds. The Kier molecular flexibility index (Phi) is 2.25. The first-order valence-corrected chi connectivity index (χ1v) is 4.68. The van der Waals surface area contributed by atoms with Crippen molar-refractivity contribution in [2.75, 3.05) is 19.3 Å². The van der Waals surface area contributed by atoms with Crippen molar-refractivity contribution in [1.29, 1.82) is 0 Å². The van der Waals surface area contributed by atoms with Gasteiger partial charge in [0.25, 0.3) is 11.8 Å². The van der Waals surface area contributed by atoms with E-state index in [2.05, 4.69) is 35.1 Å². The van der Waals surface area contributed by atoms with E-state index in [0.29, 0.717) is 11.9 Å². The normalized spacial score (nSPS) is 23.6. The first kappa shape index (κ1) is 9.21. The summed E-state index contributed by atoms with van der Waals surface area (Å²) >= 11 is 0. The molecule has 1 aromatic rings. The third kappa shape index (κ3) is 1.50. The van der Waals surface area contributed by atoms with Crippen LogP contribution in [0.15, 0.2) is 10.6 Å². The summed E-state index contributed by atoms with van der Waals surface area (Å²) in [5.41, 5.74) is 6.48. The number of hydrogen-bond acceptors (Lipinski definition) is 5. The van der Waals surface area contributed by atoms with Crippen LogP contribution in [-0.2, 0) is 0 Å². The lowest BCUT2D eigenvalue weighted by Gasteiger charge is -2.28. The van der Waals surface area contributed by atoms with Gasteiger partial charge in [0, 0.05) is 18.2 Å². The monoisotopic (exact) mass is 194 g/mol. The Morgan fingerprint density at radius 3 is 3.07 bits per heavy atom. The van der Waals surface area contributed by atoms with E-state index in [0.717, 1.165) is 18.5 Å². The van der Waals surface area contributed by atoms with Crippen LogP contribution >= 0.6 is 0 Å². The summed E-state index contributed by atoms with van der Waals surface area (Å²) in [5, 5.41) is 3.58. The predicted molar refractivity (Wildman–Crippen MR) is 53.4 cm³/mol. The zero-order valence-electron chi connectivity index (χ0n) is 8.40. The average molecular weight is 194 g/mol. The Balaban J connectivity index is 2.29. The van der Waals surface area contributed by atoms with Crippen LogP contribution in [0, 0.1) is 0 Å². The van der Waals surface area contributed by atoms with Crippen LogP contribution in [0.25, 0.3) is 5.57 Å². The van der Waals surface area contributed by atoms with Crippen molar-refractivity contribution in [3.05, 3.63) is 12.0 Å². The minimum Gasteiger partial charge on any atom is -0.365 e. The first-order chi connectivity index (χ1) is 6.68. The minimum absolute atomic E-state index is 0.196. The molecule has 0 saturated heterocycles. The summed E-state index contributed by atoms with van der Waals surface area (Å²) in [7, 11) is 2.08. The fraction of sp³-hybridized carbons (Fsp3) is 0.556. The Morgan fingerprint density at radius 2 is 2.43 bits per heavy atom. The average Bonchev–Trinajstić information content (AvgIpc) is 2.57. The quantitative estimate of drug-likeness (QED) is 0.714. The van der Waals surface area contributed by atoms with Gasteiger partial charge in [-0.1, -0.05) is 6.08 Å². The van der Waals surface area contributed by atoms with E-state index in [4.69, 9.17) is 10.3 Å². The summed E-state index contributed by atoms with van der Waals surface area (Å²) < 4.78 is 5.04. The molecule has 14 heavy (non-hydrogen) atoms. The molecule has 2 rings (SSSR count). The summed E-state index contributed by atoms with van der Waals surface area (Å²) in [6.45, 7) is 3.18. The van der Waals surface area contributed by atoms with Gasteiger partial charge in [0.2, 0.25) is 0 Å². The molecule has 2 N–H and O–H groups in total. The van der Waals surface area contributed by atoms with E-state index in [1.807, 2.05) is 0 Å². The van der Waals surface area contributed by atoms with Crippen molar-refractivity contribution >= 4 is 11.5 Å². The van der Waals surface area contributed by atoms with Crippen molar-refractivity contribution in [3.8, 4) is 0 Å². The molecule has 0 radical (unpaired) electrons. The van der Waals surface area contributed by atoms with Crippen LogP contribution in [0.3, 0.4) is 0 Å². The highest BCUT2D eigenvalue weighted by Gasteiger charge is 2.23. The van der Waals surface area contributed by atoms with Gasteiger partial charge < -0.3 is 10.3 Å². The fourth-order valence-corrected chi connectivity index (χ4v) is 1.64. The standard InChI is InChI=1S/C9H14N4O/c1-6-7(4-3-5-13(6)2)8-11-9(10)12-14-8/h4,6H,3,5H2,1-2H3,(H2,10,12). The molecule has 5 heteroatoms. The summed E-state index contributed by atoms with van der Waals surface area (Å²) in [6.07, 6.45) is 3.15. The summed E-state index contributed by atoms with van der Waals surface area (Å²) in [5.74, 6) is 0.739.